The molecular formula is C15H13BrN2O3. The summed E-state index contributed by atoms with van der Waals surface area (Å²) in [5.41, 5.74) is -0.263. The molecule has 3 rings (SSSR count). The average Bonchev–Trinajstić information content (AvgIpc) is 3.06. The van der Waals surface area contributed by atoms with E-state index in [-0.39, 0.29) is 12.5 Å². The van der Waals surface area contributed by atoms with Crippen molar-refractivity contribution in [2.24, 2.45) is 0 Å². The maximum absolute atomic E-state index is 12.6. The molecule has 0 radical (unpaired) electrons. The smallest absolute Gasteiger partial charge is 0.325 e. The molecule has 0 unspecified atom stereocenters. The van der Waals surface area contributed by atoms with E-state index in [1.165, 1.54) is 11.2 Å². The lowest BCUT2D eigenvalue weighted by Gasteiger charge is -2.19. The molecule has 1 aromatic heterocycles. The second kappa shape index (κ2) is 5.04. The third kappa shape index (κ3) is 2.35. The standard InChI is InChI=1S/C15H13BrN2O3/c1-15(12-3-2-8-21-12)13(19)18(14(20)17-15)9-10-4-6-11(16)7-5-10/h2-8H,9H2,1H3,(H,17,20)/t15-/m0/s1. The number of amides is 3. The number of benzene rings is 1. The lowest BCUT2D eigenvalue weighted by atomic mass is 9.99. The third-order valence-electron chi connectivity index (χ3n) is 3.54. The highest BCUT2D eigenvalue weighted by molar-refractivity contribution is 9.10. The molecule has 1 aliphatic heterocycles. The zero-order chi connectivity index (χ0) is 15.0. The topological polar surface area (TPSA) is 62.6 Å². The van der Waals surface area contributed by atoms with Gasteiger partial charge in [-0.25, -0.2) is 4.79 Å². The van der Waals surface area contributed by atoms with Crippen molar-refractivity contribution < 1.29 is 14.0 Å². The molecule has 5 nitrogen and oxygen atoms in total. The molecule has 1 N–H and O–H groups in total. The van der Waals surface area contributed by atoms with Crippen molar-refractivity contribution in [3.8, 4) is 0 Å². The number of carbonyl (C=O) groups excluding carboxylic acids is 2. The quantitative estimate of drug-likeness (QED) is 0.867. The van der Waals surface area contributed by atoms with Crippen LogP contribution < -0.4 is 5.32 Å². The van der Waals surface area contributed by atoms with Crippen LogP contribution in [0, 0.1) is 0 Å². The van der Waals surface area contributed by atoms with Gasteiger partial charge in [0.25, 0.3) is 5.91 Å². The number of nitrogens with zero attached hydrogens (tertiary/aromatic N) is 1. The van der Waals surface area contributed by atoms with Crippen molar-refractivity contribution in [2.45, 2.75) is 19.0 Å². The van der Waals surface area contributed by atoms with Gasteiger partial charge in [-0.3, -0.25) is 9.69 Å². The van der Waals surface area contributed by atoms with E-state index in [2.05, 4.69) is 21.2 Å². The Morgan fingerprint density at radius 3 is 2.57 bits per heavy atom. The van der Waals surface area contributed by atoms with Crippen molar-refractivity contribution in [2.75, 3.05) is 0 Å². The van der Waals surface area contributed by atoms with Crippen molar-refractivity contribution in [3.05, 3.63) is 58.5 Å². The summed E-state index contributed by atoms with van der Waals surface area (Å²) in [6.45, 7) is 1.88. The molecular weight excluding hydrogens is 336 g/mol. The van der Waals surface area contributed by atoms with Gasteiger partial charge in [-0.15, -0.1) is 0 Å². The van der Waals surface area contributed by atoms with Gasteiger partial charge in [-0.05, 0) is 36.8 Å². The Labute approximate surface area is 130 Å². The molecule has 2 aromatic rings. The van der Waals surface area contributed by atoms with Crippen molar-refractivity contribution >= 4 is 27.9 Å². The van der Waals surface area contributed by atoms with E-state index < -0.39 is 11.6 Å². The van der Waals surface area contributed by atoms with Crippen LogP contribution in [-0.2, 0) is 16.9 Å². The molecule has 2 heterocycles. The predicted octanol–water partition coefficient (Wildman–Crippen LogP) is 3.01. The summed E-state index contributed by atoms with van der Waals surface area (Å²) in [6, 6.07) is 10.4. The maximum atomic E-state index is 12.6. The molecule has 0 aliphatic carbocycles. The van der Waals surface area contributed by atoms with E-state index in [9.17, 15) is 9.59 Å². The molecule has 0 spiro atoms. The first-order valence-electron chi connectivity index (χ1n) is 6.43. The van der Waals surface area contributed by atoms with Crippen LogP contribution in [0.1, 0.15) is 18.2 Å². The second-order valence-corrected chi connectivity index (χ2v) is 5.97. The zero-order valence-electron chi connectivity index (χ0n) is 11.3. The Hall–Kier alpha value is -2.08. The summed E-state index contributed by atoms with van der Waals surface area (Å²) in [5, 5.41) is 2.70. The van der Waals surface area contributed by atoms with Crippen LogP contribution in [0.2, 0.25) is 0 Å². The van der Waals surface area contributed by atoms with Crippen LogP contribution in [0.5, 0.6) is 0 Å². The number of rotatable bonds is 3. The molecule has 6 heteroatoms. The van der Waals surface area contributed by atoms with Crippen LogP contribution in [0.4, 0.5) is 4.79 Å². The van der Waals surface area contributed by atoms with Gasteiger partial charge in [-0.1, -0.05) is 28.1 Å². The highest BCUT2D eigenvalue weighted by atomic mass is 79.9. The van der Waals surface area contributed by atoms with Gasteiger partial charge in [0, 0.05) is 4.47 Å². The largest absolute Gasteiger partial charge is 0.466 e. The summed E-state index contributed by atoms with van der Waals surface area (Å²) < 4.78 is 6.23. The Morgan fingerprint density at radius 2 is 1.95 bits per heavy atom. The zero-order valence-corrected chi connectivity index (χ0v) is 12.9. The summed E-state index contributed by atoms with van der Waals surface area (Å²) in [6.07, 6.45) is 1.48. The predicted molar refractivity (Wildman–Crippen MR) is 79.3 cm³/mol. The summed E-state index contributed by atoms with van der Waals surface area (Å²) in [7, 11) is 0. The van der Waals surface area contributed by atoms with Crippen molar-refractivity contribution in [1.29, 1.82) is 0 Å². The number of nitrogens with one attached hydrogen (secondary N) is 1. The van der Waals surface area contributed by atoms with E-state index in [1.807, 2.05) is 24.3 Å². The summed E-state index contributed by atoms with van der Waals surface area (Å²) in [4.78, 5) is 25.9. The highest BCUT2D eigenvalue weighted by Crippen LogP contribution is 2.30. The minimum absolute atomic E-state index is 0.230. The fraction of sp³-hybridized carbons (Fsp3) is 0.200. The van der Waals surface area contributed by atoms with Gasteiger partial charge in [0.2, 0.25) is 0 Å². The van der Waals surface area contributed by atoms with E-state index in [1.54, 1.807) is 19.1 Å². The van der Waals surface area contributed by atoms with E-state index >= 15 is 0 Å². The fourth-order valence-electron chi connectivity index (χ4n) is 2.34. The molecule has 1 aromatic carbocycles. The second-order valence-electron chi connectivity index (χ2n) is 5.05. The number of furan rings is 1. The van der Waals surface area contributed by atoms with Gasteiger partial charge in [0.15, 0.2) is 5.54 Å². The first-order chi connectivity index (χ1) is 10.0. The van der Waals surface area contributed by atoms with Crippen LogP contribution in [0.15, 0.2) is 51.6 Å². The van der Waals surface area contributed by atoms with Crippen LogP contribution in [-0.4, -0.2) is 16.8 Å². The number of urea groups is 1. The fourth-order valence-corrected chi connectivity index (χ4v) is 2.61. The molecule has 3 amide bonds. The average molecular weight is 349 g/mol. The Balaban J connectivity index is 1.86. The Bertz CT molecular complexity index is 681. The van der Waals surface area contributed by atoms with Crippen LogP contribution in [0.25, 0.3) is 0 Å². The van der Waals surface area contributed by atoms with Gasteiger partial charge >= 0.3 is 6.03 Å². The van der Waals surface area contributed by atoms with Crippen LogP contribution >= 0.6 is 15.9 Å². The minimum Gasteiger partial charge on any atom is -0.466 e. The molecule has 21 heavy (non-hydrogen) atoms. The van der Waals surface area contributed by atoms with E-state index in [4.69, 9.17) is 4.42 Å². The number of hydrogen-bond acceptors (Lipinski definition) is 3. The first-order valence-corrected chi connectivity index (χ1v) is 7.22. The minimum atomic E-state index is -1.14. The lowest BCUT2D eigenvalue weighted by molar-refractivity contribution is -0.132. The summed E-state index contributed by atoms with van der Waals surface area (Å²) in [5.74, 6) is 0.115. The van der Waals surface area contributed by atoms with Gasteiger partial charge in [0.05, 0.1) is 12.8 Å². The highest BCUT2D eigenvalue weighted by Gasteiger charge is 2.50. The Kier molecular flexibility index (Phi) is 3.33. The normalized spacial score (nSPS) is 21.7. The molecule has 0 saturated carbocycles. The van der Waals surface area contributed by atoms with Crippen molar-refractivity contribution in [1.82, 2.24) is 10.2 Å². The lowest BCUT2D eigenvalue weighted by Crippen LogP contribution is -2.40. The number of hydrogen-bond donors (Lipinski definition) is 1. The molecule has 1 saturated heterocycles. The monoisotopic (exact) mass is 348 g/mol. The molecule has 1 aliphatic rings. The number of halogens is 1. The molecule has 1 atom stereocenters. The first kappa shape index (κ1) is 13.9. The van der Waals surface area contributed by atoms with Gasteiger partial charge < -0.3 is 9.73 Å². The maximum Gasteiger partial charge on any atom is 0.325 e. The van der Waals surface area contributed by atoms with E-state index in [0.29, 0.717) is 5.76 Å². The van der Waals surface area contributed by atoms with Crippen LogP contribution in [0.3, 0.4) is 0 Å². The summed E-state index contributed by atoms with van der Waals surface area (Å²) >= 11 is 3.35. The van der Waals surface area contributed by atoms with Gasteiger partial charge in [-0.2, -0.15) is 0 Å². The van der Waals surface area contributed by atoms with Gasteiger partial charge in [0.1, 0.15) is 5.76 Å². The third-order valence-corrected chi connectivity index (χ3v) is 4.07. The number of carbonyl (C=O) groups is 2. The molecule has 108 valence electrons. The molecule has 1 fully saturated rings. The van der Waals surface area contributed by atoms with Crippen molar-refractivity contribution in [3.63, 3.8) is 0 Å². The Morgan fingerprint density at radius 1 is 1.24 bits per heavy atom. The number of imide groups is 1. The molecule has 0 bridgehead atoms. The SMILES string of the molecule is C[C@@]1(c2ccco2)NC(=O)N(Cc2ccc(Br)cc2)C1=O. The van der Waals surface area contributed by atoms with E-state index in [0.717, 1.165) is 10.0 Å².